The summed E-state index contributed by atoms with van der Waals surface area (Å²) in [6, 6.07) is 5.44. The summed E-state index contributed by atoms with van der Waals surface area (Å²) in [6.07, 6.45) is -2.03. The molecule has 13 heteroatoms. The Kier molecular flexibility index (Phi) is 6.33. The summed E-state index contributed by atoms with van der Waals surface area (Å²) in [5.41, 5.74) is -1.39. The van der Waals surface area contributed by atoms with Crippen molar-refractivity contribution in [3.8, 4) is 5.75 Å². The summed E-state index contributed by atoms with van der Waals surface area (Å²) >= 11 is 5.64. The molecule has 1 aromatic heterocycles. The molecule has 5 rings (SSSR count). The number of amides is 1. The molecule has 1 aliphatic heterocycles. The number of ether oxygens (including phenoxy) is 1. The predicted molar refractivity (Wildman–Crippen MR) is 128 cm³/mol. The maximum Gasteiger partial charge on any atom is 0.434 e. The van der Waals surface area contributed by atoms with Gasteiger partial charge in [-0.1, -0.05) is 18.5 Å². The molecule has 37 heavy (non-hydrogen) atoms. The number of nitrogens with zero attached hydrogens (tertiary/aromatic N) is 2. The molecule has 3 aliphatic rings. The fourth-order valence-corrected chi connectivity index (χ4v) is 5.88. The average molecular weight is 562 g/mol. The molecule has 0 radical (unpaired) electrons. The topological polar surface area (TPSA) is 88.6 Å². The van der Waals surface area contributed by atoms with Crippen molar-refractivity contribution in [3.63, 3.8) is 0 Å². The lowest BCUT2D eigenvalue weighted by molar-refractivity contribution is -0.141. The minimum Gasteiger partial charge on any atom is -0.490 e. The lowest BCUT2D eigenvalue weighted by Gasteiger charge is -2.48. The van der Waals surface area contributed by atoms with Gasteiger partial charge in [0.1, 0.15) is 5.82 Å². The summed E-state index contributed by atoms with van der Waals surface area (Å²) in [5.74, 6) is -1.90. The maximum absolute atomic E-state index is 15.3. The maximum atomic E-state index is 15.3. The van der Waals surface area contributed by atoms with Gasteiger partial charge in [0.05, 0.1) is 22.4 Å². The lowest BCUT2D eigenvalue weighted by atomic mass is 9.83. The first-order chi connectivity index (χ1) is 17.3. The quantitative estimate of drug-likeness (QED) is 0.461. The Bertz CT molecular complexity index is 1350. The standard InChI is InChI=1S/C24H24ClF4N3O4S/c1-23(10-32(11-23)19-7-6-17(25)21(30-19)24(27,28)29)12-36-18-9-14(13-2-3-13)8-16(20(18)26)22(33)31-37(34,35)15-4-5-15/h6-9,13,15H,2-5,10-12H2,1H3,(H,31,33). The molecule has 0 unspecified atom stereocenters. The highest BCUT2D eigenvalue weighted by molar-refractivity contribution is 7.91. The molecule has 1 saturated heterocycles. The number of sulfonamides is 1. The molecule has 3 fully saturated rings. The SMILES string of the molecule is CC1(COc2cc(C3CC3)cc(C(=O)NS(=O)(=O)C3CC3)c2F)CN(c2ccc(Cl)c(C(F)(F)F)n2)C1. The minimum atomic E-state index is -4.68. The molecule has 0 atom stereocenters. The fraction of sp³-hybridized carbons (Fsp3) is 0.500. The van der Waals surface area contributed by atoms with Crippen LogP contribution in [0.5, 0.6) is 5.75 Å². The molecule has 1 N–H and O–H groups in total. The van der Waals surface area contributed by atoms with Crippen LogP contribution in [0.15, 0.2) is 24.3 Å². The highest BCUT2D eigenvalue weighted by Crippen LogP contribution is 2.43. The van der Waals surface area contributed by atoms with Gasteiger partial charge in [-0.05, 0) is 61.4 Å². The number of alkyl halides is 3. The van der Waals surface area contributed by atoms with Gasteiger partial charge in [-0.15, -0.1) is 0 Å². The Morgan fingerprint density at radius 3 is 2.49 bits per heavy atom. The number of pyridine rings is 1. The molecule has 0 bridgehead atoms. The highest BCUT2D eigenvalue weighted by Gasteiger charge is 2.43. The fourth-order valence-electron chi connectivity index (χ4n) is 4.37. The molecular formula is C24H24ClF4N3O4S. The smallest absolute Gasteiger partial charge is 0.434 e. The Morgan fingerprint density at radius 2 is 1.89 bits per heavy atom. The van der Waals surface area contributed by atoms with Crippen LogP contribution >= 0.6 is 11.6 Å². The summed E-state index contributed by atoms with van der Waals surface area (Å²) in [7, 11) is -3.86. The van der Waals surface area contributed by atoms with Crippen molar-refractivity contribution < 1.29 is 35.5 Å². The number of anilines is 1. The number of benzene rings is 1. The molecule has 2 aliphatic carbocycles. The van der Waals surface area contributed by atoms with Gasteiger partial charge in [0, 0.05) is 18.5 Å². The van der Waals surface area contributed by atoms with Crippen molar-refractivity contribution in [1.82, 2.24) is 9.71 Å². The third kappa shape index (κ3) is 5.50. The van der Waals surface area contributed by atoms with Crippen molar-refractivity contribution in [2.24, 2.45) is 5.41 Å². The Hall–Kier alpha value is -2.60. The Labute approximate surface area is 216 Å². The van der Waals surface area contributed by atoms with Crippen LogP contribution in [0.2, 0.25) is 5.02 Å². The van der Waals surface area contributed by atoms with E-state index in [1.165, 1.54) is 18.2 Å². The lowest BCUT2D eigenvalue weighted by Crippen LogP contribution is -2.58. The van der Waals surface area contributed by atoms with Crippen LogP contribution in [0, 0.1) is 11.2 Å². The summed E-state index contributed by atoms with van der Waals surface area (Å²) in [4.78, 5) is 17.9. The molecule has 1 aromatic carbocycles. The molecular weight excluding hydrogens is 538 g/mol. The van der Waals surface area contributed by atoms with Gasteiger partial charge < -0.3 is 9.64 Å². The van der Waals surface area contributed by atoms with Crippen molar-refractivity contribution in [3.05, 3.63) is 51.9 Å². The van der Waals surface area contributed by atoms with E-state index in [2.05, 4.69) is 4.98 Å². The largest absolute Gasteiger partial charge is 0.490 e. The third-order valence-corrected chi connectivity index (χ3v) is 8.82. The highest BCUT2D eigenvalue weighted by atomic mass is 35.5. The normalized spacial score (nSPS) is 19.4. The van der Waals surface area contributed by atoms with E-state index < -0.39 is 54.9 Å². The van der Waals surface area contributed by atoms with Gasteiger partial charge in [-0.2, -0.15) is 13.2 Å². The molecule has 2 heterocycles. The molecule has 200 valence electrons. The number of nitrogens with one attached hydrogen (secondary N) is 1. The molecule has 7 nitrogen and oxygen atoms in total. The van der Waals surface area contributed by atoms with E-state index in [4.69, 9.17) is 16.3 Å². The average Bonchev–Trinajstić information content (AvgIpc) is 3.68. The number of hydrogen-bond acceptors (Lipinski definition) is 6. The zero-order valence-corrected chi connectivity index (χ0v) is 21.3. The van der Waals surface area contributed by atoms with E-state index in [1.807, 2.05) is 11.6 Å². The number of hydrogen-bond donors (Lipinski definition) is 1. The van der Waals surface area contributed by atoms with Gasteiger partial charge in [0.25, 0.3) is 5.91 Å². The zero-order chi connectivity index (χ0) is 26.8. The van der Waals surface area contributed by atoms with Gasteiger partial charge >= 0.3 is 6.18 Å². The molecule has 2 saturated carbocycles. The number of halogens is 5. The van der Waals surface area contributed by atoms with Crippen molar-refractivity contribution in [2.45, 2.75) is 50.0 Å². The number of carbonyl (C=O) groups excluding carboxylic acids is 1. The Morgan fingerprint density at radius 1 is 1.22 bits per heavy atom. The molecule has 2 aromatic rings. The molecule has 1 amide bonds. The van der Waals surface area contributed by atoms with Gasteiger partial charge in [-0.25, -0.2) is 22.5 Å². The van der Waals surface area contributed by atoms with Crippen molar-refractivity contribution >= 4 is 33.3 Å². The van der Waals surface area contributed by atoms with E-state index in [-0.39, 0.29) is 24.1 Å². The predicted octanol–water partition coefficient (Wildman–Crippen LogP) is 4.90. The second-order valence-electron chi connectivity index (χ2n) is 10.3. The van der Waals surface area contributed by atoms with Crippen LogP contribution in [0.25, 0.3) is 0 Å². The first-order valence-corrected chi connectivity index (χ1v) is 13.7. The number of carbonyl (C=O) groups is 1. The third-order valence-electron chi connectivity index (χ3n) is 6.70. The van der Waals surface area contributed by atoms with E-state index in [1.54, 1.807) is 4.90 Å². The first kappa shape index (κ1) is 26.0. The summed E-state index contributed by atoms with van der Waals surface area (Å²) < 4.78 is 86.8. The van der Waals surface area contributed by atoms with Crippen LogP contribution in [0.3, 0.4) is 0 Å². The summed E-state index contributed by atoms with van der Waals surface area (Å²) in [6.45, 7) is 2.46. The van der Waals surface area contributed by atoms with Gasteiger partial charge in [0.15, 0.2) is 17.3 Å². The van der Waals surface area contributed by atoms with Crippen molar-refractivity contribution in [1.29, 1.82) is 0 Å². The van der Waals surface area contributed by atoms with E-state index >= 15 is 4.39 Å². The monoisotopic (exact) mass is 561 g/mol. The van der Waals surface area contributed by atoms with E-state index in [0.717, 1.165) is 18.9 Å². The second kappa shape index (κ2) is 9.00. The van der Waals surface area contributed by atoms with E-state index in [0.29, 0.717) is 31.5 Å². The van der Waals surface area contributed by atoms with Gasteiger partial charge in [0.2, 0.25) is 10.0 Å². The van der Waals surface area contributed by atoms with Crippen LogP contribution in [0.1, 0.15) is 60.1 Å². The van der Waals surface area contributed by atoms with E-state index in [9.17, 15) is 26.4 Å². The van der Waals surface area contributed by atoms with Crippen LogP contribution in [0.4, 0.5) is 23.4 Å². The summed E-state index contributed by atoms with van der Waals surface area (Å²) in [5, 5.41) is -1.12. The van der Waals surface area contributed by atoms with Gasteiger partial charge in [-0.3, -0.25) is 4.79 Å². The van der Waals surface area contributed by atoms with Crippen molar-refractivity contribution in [2.75, 3.05) is 24.6 Å². The van der Waals surface area contributed by atoms with Crippen LogP contribution < -0.4 is 14.4 Å². The number of rotatable bonds is 8. The number of aromatic nitrogens is 1. The zero-order valence-electron chi connectivity index (χ0n) is 19.7. The molecule has 0 spiro atoms. The van der Waals surface area contributed by atoms with Crippen LogP contribution in [-0.2, 0) is 16.2 Å². The van der Waals surface area contributed by atoms with Crippen LogP contribution in [-0.4, -0.2) is 44.3 Å². The minimum absolute atomic E-state index is 0.0235. The second-order valence-corrected chi connectivity index (χ2v) is 12.7. The first-order valence-electron chi connectivity index (χ1n) is 11.8. The Balaban J connectivity index is 1.29.